The van der Waals surface area contributed by atoms with Crippen molar-refractivity contribution in [1.82, 2.24) is 0 Å². The molecular weight excluding hydrogens is 384 g/mol. The van der Waals surface area contributed by atoms with Gasteiger partial charge in [0.1, 0.15) is 0 Å². The van der Waals surface area contributed by atoms with Gasteiger partial charge in [0, 0.05) is 13.2 Å². The van der Waals surface area contributed by atoms with Gasteiger partial charge in [-0.15, -0.1) is 0 Å². The van der Waals surface area contributed by atoms with Crippen LogP contribution < -0.4 is 0 Å². The predicted octanol–water partition coefficient (Wildman–Crippen LogP) is 7.85. The van der Waals surface area contributed by atoms with Gasteiger partial charge in [-0.2, -0.15) is 0 Å². The zero-order valence-electron chi connectivity index (χ0n) is 19.7. The summed E-state index contributed by atoms with van der Waals surface area (Å²) in [5, 5.41) is 0.297. The van der Waals surface area contributed by atoms with Crippen molar-refractivity contribution in [3.8, 4) is 0 Å². The Bertz CT molecular complexity index is 775. The highest BCUT2D eigenvalue weighted by molar-refractivity contribution is 6.74. The van der Waals surface area contributed by atoms with E-state index in [0.29, 0.717) is 11.6 Å². The Hall–Kier alpha value is -1.68. The third-order valence-corrected chi connectivity index (χ3v) is 10.7. The molecule has 0 amide bonds. The molecule has 0 bridgehead atoms. The molecule has 164 valence electrons. The van der Waals surface area contributed by atoms with Gasteiger partial charge in [0.15, 0.2) is 8.32 Å². The van der Waals surface area contributed by atoms with Gasteiger partial charge in [0.2, 0.25) is 0 Å². The first-order valence-electron chi connectivity index (χ1n) is 11.3. The zero-order valence-corrected chi connectivity index (χ0v) is 20.7. The van der Waals surface area contributed by atoms with Crippen LogP contribution in [0.2, 0.25) is 18.1 Å². The maximum atomic E-state index is 6.24. The Morgan fingerprint density at radius 3 is 2.13 bits per heavy atom. The van der Waals surface area contributed by atoms with E-state index in [1.165, 1.54) is 18.4 Å². The number of ether oxygens (including phenoxy) is 1. The van der Waals surface area contributed by atoms with E-state index in [1.54, 1.807) is 0 Å². The van der Waals surface area contributed by atoms with Crippen molar-refractivity contribution in [3.05, 3.63) is 77.9 Å². The van der Waals surface area contributed by atoms with Crippen LogP contribution in [0.15, 0.2) is 61.2 Å². The van der Waals surface area contributed by atoms with Crippen LogP contribution in [-0.2, 0) is 15.8 Å². The van der Waals surface area contributed by atoms with Crippen LogP contribution in [-0.4, -0.2) is 21.5 Å². The molecule has 0 aliphatic heterocycles. The van der Waals surface area contributed by atoms with Crippen LogP contribution in [0.4, 0.5) is 0 Å². The topological polar surface area (TPSA) is 18.5 Å². The summed E-state index contributed by atoms with van der Waals surface area (Å²) >= 11 is 0. The van der Waals surface area contributed by atoms with Gasteiger partial charge < -0.3 is 9.16 Å². The SMILES string of the molecule is C=C(c1ccccc1)c1cccc(COCCCCCCO[Si](C)(C)C(C)(C)C)c1. The maximum Gasteiger partial charge on any atom is 0.191 e. The number of unbranched alkanes of at least 4 members (excludes halogenated alkanes) is 3. The van der Waals surface area contributed by atoms with Crippen molar-refractivity contribution >= 4 is 13.9 Å². The van der Waals surface area contributed by atoms with Gasteiger partial charge in [-0.25, -0.2) is 0 Å². The fourth-order valence-electron chi connectivity index (χ4n) is 3.05. The Morgan fingerprint density at radius 1 is 0.833 bits per heavy atom. The lowest BCUT2D eigenvalue weighted by atomic mass is 9.98. The highest BCUT2D eigenvalue weighted by atomic mass is 28.4. The number of rotatable bonds is 12. The summed E-state index contributed by atoms with van der Waals surface area (Å²) in [7, 11) is -1.59. The summed E-state index contributed by atoms with van der Waals surface area (Å²) in [6, 6.07) is 18.8. The van der Waals surface area contributed by atoms with Crippen molar-refractivity contribution in [2.24, 2.45) is 0 Å². The Balaban J connectivity index is 1.62. The zero-order chi connectivity index (χ0) is 22.0. The highest BCUT2D eigenvalue weighted by Crippen LogP contribution is 2.36. The minimum Gasteiger partial charge on any atom is -0.417 e. The monoisotopic (exact) mass is 424 g/mol. The quantitative estimate of drug-likeness (QED) is 0.255. The molecule has 0 aromatic heterocycles. The normalized spacial score (nSPS) is 12.2. The molecule has 0 fully saturated rings. The first-order chi connectivity index (χ1) is 14.2. The minimum atomic E-state index is -1.59. The van der Waals surface area contributed by atoms with Crippen LogP contribution in [0.3, 0.4) is 0 Å². The molecule has 0 spiro atoms. The Labute approximate surface area is 185 Å². The molecule has 0 radical (unpaired) electrons. The number of hydrogen-bond acceptors (Lipinski definition) is 2. The summed E-state index contributed by atoms with van der Waals surface area (Å²) < 4.78 is 12.2. The fourth-order valence-corrected chi connectivity index (χ4v) is 4.14. The van der Waals surface area contributed by atoms with Crippen LogP contribution in [0, 0.1) is 0 Å². The van der Waals surface area contributed by atoms with Crippen molar-refractivity contribution in [3.63, 3.8) is 0 Å². The van der Waals surface area contributed by atoms with Crippen molar-refractivity contribution in [2.75, 3.05) is 13.2 Å². The van der Waals surface area contributed by atoms with E-state index in [0.717, 1.165) is 42.8 Å². The lowest BCUT2D eigenvalue weighted by Gasteiger charge is -2.36. The summed E-state index contributed by atoms with van der Waals surface area (Å²) in [4.78, 5) is 0. The predicted molar refractivity (Wildman–Crippen MR) is 132 cm³/mol. The van der Waals surface area contributed by atoms with Crippen LogP contribution >= 0.6 is 0 Å². The molecule has 2 nitrogen and oxygen atoms in total. The summed E-state index contributed by atoms with van der Waals surface area (Å²) in [6.45, 7) is 18.2. The van der Waals surface area contributed by atoms with Gasteiger partial charge in [-0.1, -0.05) is 88.7 Å². The summed E-state index contributed by atoms with van der Waals surface area (Å²) in [6.07, 6.45) is 4.67. The maximum absolute atomic E-state index is 6.24. The molecule has 0 aliphatic rings. The lowest BCUT2D eigenvalue weighted by Crippen LogP contribution is -2.40. The molecule has 2 rings (SSSR count). The van der Waals surface area contributed by atoms with Crippen molar-refractivity contribution < 1.29 is 9.16 Å². The van der Waals surface area contributed by atoms with E-state index >= 15 is 0 Å². The second-order valence-electron chi connectivity index (χ2n) is 9.62. The molecular formula is C27H40O2Si. The first kappa shape index (κ1) is 24.6. The van der Waals surface area contributed by atoms with Gasteiger partial charge in [-0.3, -0.25) is 0 Å². The molecule has 2 aromatic carbocycles. The Morgan fingerprint density at radius 2 is 1.47 bits per heavy atom. The van der Waals surface area contributed by atoms with E-state index in [9.17, 15) is 0 Å². The molecule has 0 unspecified atom stereocenters. The minimum absolute atomic E-state index is 0.297. The summed E-state index contributed by atoms with van der Waals surface area (Å²) in [5.41, 5.74) is 4.57. The fraction of sp³-hybridized carbons (Fsp3) is 0.481. The average Bonchev–Trinajstić information content (AvgIpc) is 2.72. The molecule has 0 saturated carbocycles. The number of hydrogen-bond donors (Lipinski definition) is 0. The largest absolute Gasteiger partial charge is 0.417 e. The molecule has 0 N–H and O–H groups in total. The smallest absolute Gasteiger partial charge is 0.191 e. The van der Waals surface area contributed by atoms with E-state index < -0.39 is 8.32 Å². The first-order valence-corrected chi connectivity index (χ1v) is 14.2. The van der Waals surface area contributed by atoms with Crippen LogP contribution in [0.25, 0.3) is 5.57 Å². The van der Waals surface area contributed by atoms with E-state index in [1.807, 2.05) is 18.2 Å². The Kier molecular flexibility index (Phi) is 9.54. The lowest BCUT2D eigenvalue weighted by molar-refractivity contribution is 0.116. The van der Waals surface area contributed by atoms with Crippen molar-refractivity contribution in [1.29, 1.82) is 0 Å². The van der Waals surface area contributed by atoms with Gasteiger partial charge in [0.25, 0.3) is 0 Å². The van der Waals surface area contributed by atoms with Gasteiger partial charge >= 0.3 is 0 Å². The highest BCUT2D eigenvalue weighted by Gasteiger charge is 2.36. The second kappa shape index (κ2) is 11.6. The second-order valence-corrected chi connectivity index (χ2v) is 14.4. The van der Waals surface area contributed by atoms with E-state index in [4.69, 9.17) is 9.16 Å². The molecule has 30 heavy (non-hydrogen) atoms. The molecule has 3 heteroatoms. The van der Waals surface area contributed by atoms with Crippen LogP contribution in [0.1, 0.15) is 63.1 Å². The van der Waals surface area contributed by atoms with Gasteiger partial charge in [0.05, 0.1) is 6.61 Å². The summed E-state index contributed by atoms with van der Waals surface area (Å²) in [5.74, 6) is 0. The van der Waals surface area contributed by atoms with Gasteiger partial charge in [-0.05, 0) is 59.3 Å². The molecule has 2 aromatic rings. The standard InChI is InChI=1S/C27H40O2Si/c1-23(25-16-10-9-11-17-25)26-18-14-15-24(21-26)22-28-19-12-7-8-13-20-29-30(5,6)27(2,3)4/h9-11,14-18,21H,1,7-8,12-13,19-20,22H2,2-6H3. The average molecular weight is 425 g/mol. The molecule has 0 heterocycles. The third-order valence-electron chi connectivity index (χ3n) is 6.12. The van der Waals surface area contributed by atoms with E-state index in [2.05, 4.69) is 76.8 Å². The molecule has 0 aliphatic carbocycles. The molecule has 0 atom stereocenters. The van der Waals surface area contributed by atoms with Crippen LogP contribution in [0.5, 0.6) is 0 Å². The van der Waals surface area contributed by atoms with Crippen molar-refractivity contribution in [2.45, 2.75) is 71.2 Å². The number of benzene rings is 2. The van der Waals surface area contributed by atoms with E-state index in [-0.39, 0.29) is 0 Å². The molecule has 0 saturated heterocycles. The third kappa shape index (κ3) is 7.86.